The minimum Gasteiger partial charge on any atom is -0.497 e. The molecule has 0 fully saturated rings. The molecule has 1 aliphatic carbocycles. The molecule has 0 unspecified atom stereocenters. The average Bonchev–Trinajstić information content (AvgIpc) is 3.07. The highest BCUT2D eigenvalue weighted by Gasteiger charge is 2.27. The summed E-state index contributed by atoms with van der Waals surface area (Å²) in [4.78, 5) is 24.7. The molecule has 1 heterocycles. The summed E-state index contributed by atoms with van der Waals surface area (Å²) in [6.07, 6.45) is 3.87. The molecule has 2 N–H and O–H groups in total. The number of hydrogen-bond acceptors (Lipinski definition) is 5. The van der Waals surface area contributed by atoms with Crippen LogP contribution in [0.5, 0.6) is 5.75 Å². The van der Waals surface area contributed by atoms with E-state index < -0.39 is 0 Å². The molecule has 3 rings (SSSR count). The molecule has 28 heavy (non-hydrogen) atoms. The van der Waals surface area contributed by atoms with E-state index in [1.54, 1.807) is 37.5 Å². The maximum atomic E-state index is 12.4. The van der Waals surface area contributed by atoms with Crippen molar-refractivity contribution in [3.8, 4) is 5.75 Å². The van der Waals surface area contributed by atoms with Gasteiger partial charge in [0.1, 0.15) is 11.5 Å². The van der Waals surface area contributed by atoms with Crippen LogP contribution in [0.1, 0.15) is 50.6 Å². The van der Waals surface area contributed by atoms with Gasteiger partial charge in [-0.1, -0.05) is 12.1 Å². The van der Waals surface area contributed by atoms with Gasteiger partial charge in [-0.2, -0.15) is 5.10 Å². The molecule has 0 radical (unpaired) electrons. The van der Waals surface area contributed by atoms with Gasteiger partial charge in [-0.25, -0.2) is 5.43 Å². The van der Waals surface area contributed by atoms with Gasteiger partial charge in [0.15, 0.2) is 5.76 Å². The van der Waals surface area contributed by atoms with Gasteiger partial charge < -0.3 is 14.5 Å². The molecule has 0 atom stereocenters. The van der Waals surface area contributed by atoms with E-state index in [2.05, 4.69) is 22.4 Å². The molecule has 1 aromatic carbocycles. The van der Waals surface area contributed by atoms with E-state index in [1.165, 1.54) is 0 Å². The third-order valence-electron chi connectivity index (χ3n) is 4.56. The number of furan rings is 1. The minimum absolute atomic E-state index is 0.278. The lowest BCUT2D eigenvalue weighted by molar-refractivity contribution is 0.0926. The molecule has 0 saturated heterocycles. The van der Waals surface area contributed by atoms with Crippen LogP contribution in [-0.2, 0) is 6.42 Å². The number of ether oxygens (including phenoxy) is 1. The van der Waals surface area contributed by atoms with Crippen LogP contribution in [0.3, 0.4) is 0 Å². The number of methoxy groups -OCH3 is 1. The SMILES string of the molecule is C=CCNC(=O)c1oc2c(c1C)/C(=N/NC(=O)c1cccc(OC)c1)CCC2. The Morgan fingerprint density at radius 2 is 2.14 bits per heavy atom. The van der Waals surface area contributed by atoms with Crippen LogP contribution < -0.4 is 15.5 Å². The monoisotopic (exact) mass is 381 g/mol. The van der Waals surface area contributed by atoms with Gasteiger partial charge in [-0.3, -0.25) is 9.59 Å². The molecule has 146 valence electrons. The van der Waals surface area contributed by atoms with E-state index in [4.69, 9.17) is 9.15 Å². The number of fused-ring (bicyclic) bond motifs is 1. The molecule has 1 aromatic heterocycles. The largest absolute Gasteiger partial charge is 0.497 e. The maximum absolute atomic E-state index is 12.4. The highest BCUT2D eigenvalue weighted by atomic mass is 16.5. The molecular weight excluding hydrogens is 358 g/mol. The Morgan fingerprint density at radius 3 is 2.89 bits per heavy atom. The zero-order valence-electron chi connectivity index (χ0n) is 16.0. The molecule has 0 spiro atoms. The van der Waals surface area contributed by atoms with E-state index in [0.717, 1.165) is 29.7 Å². The molecule has 2 amide bonds. The highest BCUT2D eigenvalue weighted by molar-refractivity contribution is 6.07. The molecular formula is C21H23N3O4. The highest BCUT2D eigenvalue weighted by Crippen LogP contribution is 2.29. The Kier molecular flexibility index (Phi) is 5.93. The second-order valence-electron chi connectivity index (χ2n) is 6.44. The Labute approximate surface area is 163 Å². The fraction of sp³-hybridized carbons (Fsp3) is 0.286. The lowest BCUT2D eigenvalue weighted by Gasteiger charge is -2.13. The standard InChI is InChI=1S/C21H23N3O4/c1-4-11-22-21(26)19-13(2)18-16(9-6-10-17(18)28-19)23-24-20(25)14-7-5-8-15(12-14)27-3/h4-5,7-8,12H,1,6,9-11H2,2-3H3,(H,22,26)(H,24,25)/b23-16+. The summed E-state index contributed by atoms with van der Waals surface area (Å²) in [7, 11) is 1.55. The van der Waals surface area contributed by atoms with Gasteiger partial charge in [-0.05, 0) is 38.0 Å². The van der Waals surface area contributed by atoms with Crippen molar-refractivity contribution in [1.82, 2.24) is 10.7 Å². The van der Waals surface area contributed by atoms with E-state index in [9.17, 15) is 9.59 Å². The number of nitrogens with zero attached hydrogens (tertiary/aromatic N) is 1. The van der Waals surface area contributed by atoms with E-state index in [1.807, 2.05) is 6.92 Å². The summed E-state index contributed by atoms with van der Waals surface area (Å²) in [5.74, 6) is 0.985. The number of hydrogen-bond donors (Lipinski definition) is 2. The average molecular weight is 381 g/mol. The fourth-order valence-electron chi connectivity index (χ4n) is 3.19. The number of benzene rings is 1. The van der Waals surface area contributed by atoms with Crippen molar-refractivity contribution < 1.29 is 18.7 Å². The zero-order valence-corrected chi connectivity index (χ0v) is 16.0. The lowest BCUT2D eigenvalue weighted by Crippen LogP contribution is -2.24. The first kappa shape index (κ1) is 19.4. The molecule has 1 aliphatic rings. The summed E-state index contributed by atoms with van der Waals surface area (Å²) in [6.45, 7) is 5.78. The van der Waals surface area contributed by atoms with Gasteiger partial charge in [0.25, 0.3) is 11.8 Å². The number of hydrazone groups is 1. The quantitative estimate of drug-likeness (QED) is 0.594. The number of aryl methyl sites for hydroxylation is 1. The first-order chi connectivity index (χ1) is 13.5. The first-order valence-corrected chi connectivity index (χ1v) is 9.07. The second-order valence-corrected chi connectivity index (χ2v) is 6.44. The zero-order chi connectivity index (χ0) is 20.1. The van der Waals surface area contributed by atoms with Crippen molar-refractivity contribution in [2.45, 2.75) is 26.2 Å². The maximum Gasteiger partial charge on any atom is 0.287 e. The van der Waals surface area contributed by atoms with Crippen molar-refractivity contribution in [3.63, 3.8) is 0 Å². The number of amides is 2. The van der Waals surface area contributed by atoms with Crippen LogP contribution >= 0.6 is 0 Å². The van der Waals surface area contributed by atoms with Crippen molar-refractivity contribution in [1.29, 1.82) is 0 Å². The van der Waals surface area contributed by atoms with Crippen molar-refractivity contribution >= 4 is 17.5 Å². The Balaban J connectivity index is 1.83. The summed E-state index contributed by atoms with van der Waals surface area (Å²) < 4.78 is 10.9. The molecule has 0 aliphatic heterocycles. The van der Waals surface area contributed by atoms with E-state index in [0.29, 0.717) is 30.0 Å². The first-order valence-electron chi connectivity index (χ1n) is 9.07. The van der Waals surface area contributed by atoms with Gasteiger partial charge in [0.05, 0.1) is 12.8 Å². The number of nitrogens with one attached hydrogen (secondary N) is 2. The summed E-state index contributed by atoms with van der Waals surface area (Å²) in [6, 6.07) is 6.85. The molecule has 0 bridgehead atoms. The minimum atomic E-state index is -0.330. The molecule has 0 saturated carbocycles. The third kappa shape index (κ3) is 3.98. The summed E-state index contributed by atoms with van der Waals surface area (Å²) >= 11 is 0. The third-order valence-corrected chi connectivity index (χ3v) is 4.56. The topological polar surface area (TPSA) is 92.9 Å². The predicted octanol–water partition coefficient (Wildman–Crippen LogP) is 2.98. The number of rotatable bonds is 6. The van der Waals surface area contributed by atoms with Crippen molar-refractivity contribution in [2.75, 3.05) is 13.7 Å². The van der Waals surface area contributed by atoms with Crippen molar-refractivity contribution in [3.05, 3.63) is 65.1 Å². The van der Waals surface area contributed by atoms with Crippen LogP contribution in [0.15, 0.2) is 46.4 Å². The molecule has 7 heteroatoms. The van der Waals surface area contributed by atoms with Crippen LogP contribution in [0.4, 0.5) is 0 Å². The van der Waals surface area contributed by atoms with Gasteiger partial charge in [-0.15, -0.1) is 6.58 Å². The van der Waals surface area contributed by atoms with E-state index >= 15 is 0 Å². The van der Waals surface area contributed by atoms with E-state index in [-0.39, 0.29) is 17.6 Å². The Hall–Kier alpha value is -3.35. The smallest absolute Gasteiger partial charge is 0.287 e. The van der Waals surface area contributed by atoms with Gasteiger partial charge >= 0.3 is 0 Å². The van der Waals surface area contributed by atoms with Crippen molar-refractivity contribution in [2.24, 2.45) is 5.10 Å². The normalized spacial score (nSPS) is 14.3. The predicted molar refractivity (Wildman–Crippen MR) is 106 cm³/mol. The van der Waals surface area contributed by atoms with Crippen LogP contribution in [0.2, 0.25) is 0 Å². The summed E-state index contributed by atoms with van der Waals surface area (Å²) in [5, 5.41) is 7.04. The Bertz CT molecular complexity index is 943. The number of carbonyl (C=O) groups excluding carboxylic acids is 2. The van der Waals surface area contributed by atoms with Crippen LogP contribution in [0, 0.1) is 6.92 Å². The summed E-state index contributed by atoms with van der Waals surface area (Å²) in [5.41, 5.74) is 5.29. The Morgan fingerprint density at radius 1 is 1.32 bits per heavy atom. The lowest BCUT2D eigenvalue weighted by atomic mass is 9.93. The molecule has 2 aromatic rings. The van der Waals surface area contributed by atoms with Gasteiger partial charge in [0, 0.05) is 29.7 Å². The van der Waals surface area contributed by atoms with Gasteiger partial charge in [0.2, 0.25) is 0 Å². The van der Waals surface area contributed by atoms with Crippen LogP contribution in [-0.4, -0.2) is 31.2 Å². The molecule has 7 nitrogen and oxygen atoms in total. The second kappa shape index (κ2) is 8.56. The van der Waals surface area contributed by atoms with Crippen LogP contribution in [0.25, 0.3) is 0 Å². The number of carbonyl (C=O) groups is 2. The fourth-order valence-corrected chi connectivity index (χ4v) is 3.19.